The van der Waals surface area contributed by atoms with Gasteiger partial charge in [-0.3, -0.25) is 4.79 Å². The van der Waals surface area contributed by atoms with E-state index >= 15 is 0 Å². The van der Waals surface area contributed by atoms with Crippen LogP contribution in [0.4, 0.5) is 8.78 Å². The van der Waals surface area contributed by atoms with Gasteiger partial charge in [0.2, 0.25) is 10.0 Å². The van der Waals surface area contributed by atoms with Gasteiger partial charge in [0.15, 0.2) is 0 Å². The summed E-state index contributed by atoms with van der Waals surface area (Å²) >= 11 is 0. The highest BCUT2D eigenvalue weighted by molar-refractivity contribution is 7.89. The first-order chi connectivity index (χ1) is 13.9. The Labute approximate surface area is 169 Å². The number of amides is 1. The Hall–Kier alpha value is -2.32. The van der Waals surface area contributed by atoms with Crippen molar-refractivity contribution in [1.29, 1.82) is 0 Å². The smallest absolute Gasteiger partial charge is 0.253 e. The molecule has 0 N–H and O–H groups in total. The topological polar surface area (TPSA) is 57.7 Å². The van der Waals surface area contributed by atoms with Crippen LogP contribution in [-0.2, 0) is 22.9 Å². The van der Waals surface area contributed by atoms with Crippen LogP contribution in [0.15, 0.2) is 41.3 Å². The molecule has 2 aromatic carbocycles. The summed E-state index contributed by atoms with van der Waals surface area (Å²) in [6.07, 6.45) is 4.32. The van der Waals surface area contributed by atoms with Crippen LogP contribution in [0.25, 0.3) is 0 Å². The number of carbonyl (C=O) groups excluding carboxylic acids is 1. The number of hydrogen-bond acceptors (Lipinski definition) is 3. The van der Waals surface area contributed by atoms with Gasteiger partial charge in [-0.25, -0.2) is 17.2 Å². The maximum Gasteiger partial charge on any atom is 0.253 e. The second-order valence-electron chi connectivity index (χ2n) is 7.46. The summed E-state index contributed by atoms with van der Waals surface area (Å²) in [5.74, 6) is -2.07. The first-order valence-electron chi connectivity index (χ1n) is 9.72. The summed E-state index contributed by atoms with van der Waals surface area (Å²) in [7, 11) is -4.08. The Balaban J connectivity index is 1.46. The first kappa shape index (κ1) is 20.0. The molecule has 1 saturated heterocycles. The summed E-state index contributed by atoms with van der Waals surface area (Å²) in [5, 5.41) is 0. The lowest BCUT2D eigenvalue weighted by molar-refractivity contribution is 0.0697. The molecule has 0 saturated carbocycles. The summed E-state index contributed by atoms with van der Waals surface area (Å²) in [4.78, 5) is 13.9. The van der Waals surface area contributed by atoms with Crippen LogP contribution in [0.3, 0.4) is 0 Å². The van der Waals surface area contributed by atoms with Crippen LogP contribution in [-0.4, -0.2) is 49.7 Å². The number of benzene rings is 2. The predicted octanol–water partition coefficient (Wildman–Crippen LogP) is 2.99. The maximum absolute atomic E-state index is 14.0. The van der Waals surface area contributed by atoms with E-state index in [9.17, 15) is 22.0 Å². The number of carbonyl (C=O) groups is 1. The number of halogens is 2. The first-order valence-corrected chi connectivity index (χ1v) is 11.2. The van der Waals surface area contributed by atoms with Crippen LogP contribution in [0.2, 0.25) is 0 Å². The molecule has 0 atom stereocenters. The van der Waals surface area contributed by atoms with Gasteiger partial charge < -0.3 is 4.90 Å². The Morgan fingerprint density at radius 3 is 2.24 bits per heavy atom. The molecule has 29 heavy (non-hydrogen) atoms. The highest BCUT2D eigenvalue weighted by Crippen LogP contribution is 2.24. The van der Waals surface area contributed by atoms with Crippen molar-refractivity contribution >= 4 is 15.9 Å². The fourth-order valence-corrected chi connectivity index (χ4v) is 5.47. The molecule has 5 nitrogen and oxygen atoms in total. The van der Waals surface area contributed by atoms with Crippen molar-refractivity contribution in [3.05, 3.63) is 64.7 Å². The predicted molar refractivity (Wildman–Crippen MR) is 104 cm³/mol. The van der Waals surface area contributed by atoms with Gasteiger partial charge in [-0.15, -0.1) is 0 Å². The fraction of sp³-hybridized carbons (Fsp3) is 0.381. The number of nitrogens with zero attached hydrogens (tertiary/aromatic N) is 2. The van der Waals surface area contributed by atoms with Gasteiger partial charge in [-0.2, -0.15) is 4.31 Å². The van der Waals surface area contributed by atoms with E-state index in [1.165, 1.54) is 17.5 Å². The number of sulfonamides is 1. The number of hydrogen-bond donors (Lipinski definition) is 0. The Morgan fingerprint density at radius 2 is 1.55 bits per heavy atom. The molecule has 0 unspecified atom stereocenters. The van der Waals surface area contributed by atoms with E-state index in [1.54, 1.807) is 4.90 Å². The van der Waals surface area contributed by atoms with Crippen LogP contribution in [0, 0.1) is 11.6 Å². The molecule has 1 fully saturated rings. The molecule has 4 rings (SSSR count). The van der Waals surface area contributed by atoms with E-state index in [1.807, 2.05) is 18.2 Å². The Morgan fingerprint density at radius 1 is 0.862 bits per heavy atom. The van der Waals surface area contributed by atoms with Gasteiger partial charge >= 0.3 is 0 Å². The van der Waals surface area contributed by atoms with E-state index in [2.05, 4.69) is 0 Å². The molecule has 0 spiro atoms. The molecular weight excluding hydrogens is 398 g/mol. The third-order valence-electron chi connectivity index (χ3n) is 5.63. The van der Waals surface area contributed by atoms with Crippen molar-refractivity contribution in [3.63, 3.8) is 0 Å². The molecular formula is C21H22F2N2O3S. The molecule has 0 radical (unpaired) electrons. The van der Waals surface area contributed by atoms with Gasteiger partial charge in [-0.1, -0.05) is 6.07 Å². The molecule has 1 amide bonds. The van der Waals surface area contributed by atoms with Crippen LogP contribution in [0.5, 0.6) is 0 Å². The highest BCUT2D eigenvalue weighted by atomic mass is 32.2. The lowest BCUT2D eigenvalue weighted by atomic mass is 9.90. The van der Waals surface area contributed by atoms with E-state index in [4.69, 9.17) is 0 Å². The standard InChI is InChI=1S/C21H22F2N2O3S/c22-18-7-8-20(19(23)14-18)29(27,28)25-11-9-24(10-12-25)21(26)17-6-5-15-3-1-2-4-16(15)13-17/h5-8,13-14H,1-4,9-12H2. The minimum atomic E-state index is -4.08. The second-order valence-corrected chi connectivity index (χ2v) is 9.37. The summed E-state index contributed by atoms with van der Waals surface area (Å²) < 4.78 is 53.6. The number of aryl methyl sites for hydroxylation is 2. The molecule has 1 heterocycles. The average Bonchev–Trinajstić information content (AvgIpc) is 2.72. The Bertz CT molecular complexity index is 1050. The summed E-state index contributed by atoms with van der Waals surface area (Å²) in [6, 6.07) is 8.22. The minimum absolute atomic E-state index is 0.0653. The molecule has 2 aliphatic rings. The second kappa shape index (κ2) is 7.84. The van der Waals surface area contributed by atoms with Crippen molar-refractivity contribution in [2.45, 2.75) is 30.6 Å². The van der Waals surface area contributed by atoms with Crippen LogP contribution < -0.4 is 0 Å². The largest absolute Gasteiger partial charge is 0.336 e. The highest BCUT2D eigenvalue weighted by Gasteiger charge is 2.32. The number of piperazine rings is 1. The van der Waals surface area contributed by atoms with Crippen molar-refractivity contribution < 1.29 is 22.0 Å². The van der Waals surface area contributed by atoms with Gasteiger partial charge in [0.05, 0.1) is 0 Å². The van der Waals surface area contributed by atoms with E-state index in [0.717, 1.165) is 35.7 Å². The molecule has 8 heteroatoms. The van der Waals surface area contributed by atoms with Crippen molar-refractivity contribution in [3.8, 4) is 0 Å². The van der Waals surface area contributed by atoms with Gasteiger partial charge in [0.1, 0.15) is 16.5 Å². The molecule has 154 valence electrons. The van der Waals surface area contributed by atoms with Crippen molar-refractivity contribution in [1.82, 2.24) is 9.21 Å². The van der Waals surface area contributed by atoms with Crippen LogP contribution >= 0.6 is 0 Å². The normalized spacial score (nSPS) is 17.8. The molecule has 1 aliphatic heterocycles. The Kier molecular flexibility index (Phi) is 5.40. The third kappa shape index (κ3) is 3.91. The minimum Gasteiger partial charge on any atom is -0.336 e. The number of fused-ring (bicyclic) bond motifs is 1. The van der Waals surface area contributed by atoms with Crippen molar-refractivity contribution in [2.24, 2.45) is 0 Å². The summed E-state index contributed by atoms with van der Waals surface area (Å²) in [5.41, 5.74) is 3.13. The lowest BCUT2D eigenvalue weighted by Gasteiger charge is -2.34. The number of rotatable bonds is 3. The van der Waals surface area contributed by atoms with E-state index in [-0.39, 0.29) is 32.1 Å². The molecule has 0 aromatic heterocycles. The molecule has 0 bridgehead atoms. The van der Waals surface area contributed by atoms with Gasteiger partial charge in [0, 0.05) is 37.8 Å². The van der Waals surface area contributed by atoms with Crippen molar-refractivity contribution in [2.75, 3.05) is 26.2 Å². The van der Waals surface area contributed by atoms with Gasteiger partial charge in [-0.05, 0) is 61.1 Å². The zero-order valence-corrected chi connectivity index (χ0v) is 16.7. The van der Waals surface area contributed by atoms with E-state index in [0.29, 0.717) is 11.6 Å². The zero-order chi connectivity index (χ0) is 20.6. The van der Waals surface area contributed by atoms with Gasteiger partial charge in [0.25, 0.3) is 5.91 Å². The molecule has 1 aliphatic carbocycles. The third-order valence-corrected chi connectivity index (χ3v) is 7.56. The molecule has 2 aromatic rings. The quantitative estimate of drug-likeness (QED) is 0.767. The SMILES string of the molecule is O=C(c1ccc2c(c1)CCCC2)N1CCN(S(=O)(=O)c2ccc(F)cc2F)CC1. The zero-order valence-electron chi connectivity index (χ0n) is 15.9. The van der Waals surface area contributed by atoms with Crippen LogP contribution in [0.1, 0.15) is 34.3 Å². The summed E-state index contributed by atoms with van der Waals surface area (Å²) in [6.45, 7) is 0.571. The maximum atomic E-state index is 14.0. The monoisotopic (exact) mass is 420 g/mol. The fourth-order valence-electron chi connectivity index (χ4n) is 4.00. The average molecular weight is 420 g/mol. The lowest BCUT2D eigenvalue weighted by Crippen LogP contribution is -2.50. The van der Waals surface area contributed by atoms with E-state index < -0.39 is 26.6 Å².